The number of aromatic nitrogens is 1. The molecule has 2 heterocycles. The predicted molar refractivity (Wildman–Crippen MR) is 125 cm³/mol. The fourth-order valence-electron chi connectivity index (χ4n) is 3.99. The average molecular weight is 421 g/mol. The van der Waals surface area contributed by atoms with Crippen LogP contribution < -0.4 is 32.5 Å². The molecule has 8 radical (unpaired) electrons. The molecule has 2 amide bonds. The number of aliphatic hydroxyl groups is 1. The van der Waals surface area contributed by atoms with Crippen LogP contribution in [0.5, 0.6) is 0 Å². The molecule has 0 spiro atoms. The number of benzene rings is 2. The molecule has 1 aromatic heterocycles. The highest BCUT2D eigenvalue weighted by atomic mass is 19.1. The number of aryl methyl sites for hydroxylation is 1. The number of amides is 2. The number of halogens is 1. The number of carbonyl (C=O) groups is 2. The van der Waals surface area contributed by atoms with Crippen molar-refractivity contribution in [3.05, 3.63) is 35.6 Å². The number of fused-ring (bicyclic) bond motifs is 1. The second-order valence-corrected chi connectivity index (χ2v) is 7.73. The Morgan fingerprint density at radius 3 is 2.41 bits per heavy atom. The quantitative estimate of drug-likeness (QED) is 0.333. The highest BCUT2D eigenvalue weighted by Gasteiger charge is 2.34. The predicted octanol–water partition coefficient (Wildman–Crippen LogP) is -2.94. The number of hydrogen-bond donors (Lipinski definition) is 4. The smallest absolute Gasteiger partial charge is 0.245 e. The Labute approximate surface area is 189 Å². The molecule has 4 N–H and O–H groups in total. The number of aromatic amines is 1. The Balaban J connectivity index is 1.71. The van der Waals surface area contributed by atoms with Crippen LogP contribution in [0.2, 0.25) is 0 Å². The van der Waals surface area contributed by atoms with E-state index in [4.69, 9.17) is 31.4 Å². The van der Waals surface area contributed by atoms with Gasteiger partial charge in [-0.2, -0.15) is 0 Å². The summed E-state index contributed by atoms with van der Waals surface area (Å²) in [5.41, 5.74) is 1.46. The number of rotatable bonds is 5. The first-order valence-corrected chi connectivity index (χ1v) is 9.97. The van der Waals surface area contributed by atoms with Gasteiger partial charge in [-0.3, -0.25) is 9.59 Å². The molecule has 1 fully saturated rings. The Bertz CT molecular complexity index is 1220. The van der Waals surface area contributed by atoms with Gasteiger partial charge >= 0.3 is 0 Å². The summed E-state index contributed by atoms with van der Waals surface area (Å²) in [5, 5.41) is 15.7. The third kappa shape index (κ3) is 3.75. The molecule has 4 rings (SSSR count). The Morgan fingerprint density at radius 2 is 1.78 bits per heavy atom. The molecule has 1 aliphatic rings. The summed E-state index contributed by atoms with van der Waals surface area (Å²) in [4.78, 5) is 27.5. The van der Waals surface area contributed by atoms with Gasteiger partial charge in [-0.15, -0.1) is 0 Å². The van der Waals surface area contributed by atoms with Crippen molar-refractivity contribution in [3.63, 3.8) is 0 Å². The molecule has 152 valence electrons. The van der Waals surface area contributed by atoms with Crippen LogP contribution in [0, 0.1) is 5.82 Å². The fraction of sp³-hybridized carbons (Fsp3) is 0.238. The molecule has 11 heteroatoms. The van der Waals surface area contributed by atoms with E-state index in [0.29, 0.717) is 11.3 Å². The van der Waals surface area contributed by atoms with Crippen molar-refractivity contribution in [1.82, 2.24) is 15.6 Å². The van der Waals surface area contributed by atoms with Gasteiger partial charge in [0.2, 0.25) is 11.8 Å². The number of carbonyl (C=O) groups excluding carboxylic acids is 2. The first kappa shape index (κ1) is 22.3. The standard InChI is InChI=1S/C21H16B4FN3O3/c22-14-13(15(23)17(25)18(26)16(14)24)19-9(8-3-1-2-4-10(8)28-19)5-6-12(31)29-20-11(30)7-27-21(20)32/h1-4,11,20,28,30H,5-7H2,(H,27,32)(H,29,31)/t11-,20+/m0/s1. The Kier molecular flexibility index (Phi) is 5.95. The van der Waals surface area contributed by atoms with Crippen LogP contribution in [0.1, 0.15) is 12.0 Å². The molecule has 1 aliphatic heterocycles. The third-order valence-electron chi connectivity index (χ3n) is 5.73. The summed E-state index contributed by atoms with van der Waals surface area (Å²) in [6, 6.07) is 6.37. The van der Waals surface area contributed by atoms with Crippen molar-refractivity contribution >= 4 is 76.0 Å². The van der Waals surface area contributed by atoms with Crippen molar-refractivity contribution in [1.29, 1.82) is 0 Å². The van der Waals surface area contributed by atoms with Gasteiger partial charge in [0, 0.05) is 29.6 Å². The van der Waals surface area contributed by atoms with E-state index < -0.39 is 29.8 Å². The number of aliphatic hydroxyl groups excluding tert-OH is 1. The summed E-state index contributed by atoms with van der Waals surface area (Å²) < 4.78 is 14.2. The van der Waals surface area contributed by atoms with E-state index in [-0.39, 0.29) is 46.8 Å². The lowest BCUT2D eigenvalue weighted by atomic mass is 9.66. The molecule has 0 saturated carbocycles. The Morgan fingerprint density at radius 1 is 1.12 bits per heavy atom. The van der Waals surface area contributed by atoms with Gasteiger partial charge in [0.1, 0.15) is 49.3 Å². The molecular formula is C21H16B4FN3O3. The van der Waals surface area contributed by atoms with Crippen LogP contribution in [-0.4, -0.2) is 72.0 Å². The van der Waals surface area contributed by atoms with E-state index in [1.807, 2.05) is 24.3 Å². The molecular weight excluding hydrogens is 404 g/mol. The molecule has 2 aromatic carbocycles. The van der Waals surface area contributed by atoms with Crippen molar-refractivity contribution in [2.24, 2.45) is 0 Å². The second kappa shape index (κ2) is 8.54. The molecule has 1 saturated heterocycles. The zero-order valence-corrected chi connectivity index (χ0v) is 17.0. The van der Waals surface area contributed by atoms with Crippen molar-refractivity contribution in [2.45, 2.75) is 25.0 Å². The van der Waals surface area contributed by atoms with Gasteiger partial charge in [0.15, 0.2) is 0 Å². The number of H-pyrrole nitrogens is 1. The lowest BCUT2D eigenvalue weighted by Gasteiger charge is -2.19. The van der Waals surface area contributed by atoms with E-state index in [0.717, 1.165) is 10.9 Å². The maximum atomic E-state index is 14.2. The van der Waals surface area contributed by atoms with E-state index in [1.165, 1.54) is 0 Å². The van der Waals surface area contributed by atoms with Crippen molar-refractivity contribution < 1.29 is 19.1 Å². The maximum absolute atomic E-state index is 14.2. The summed E-state index contributed by atoms with van der Waals surface area (Å²) in [6.07, 6.45) is -0.733. The molecule has 0 bridgehead atoms. The number of β-amino-alcohol motifs (C(OH)–C–C–N with tert-alkyl or cyclic N) is 1. The lowest BCUT2D eigenvalue weighted by Crippen LogP contribution is -2.46. The maximum Gasteiger partial charge on any atom is 0.245 e. The summed E-state index contributed by atoms with van der Waals surface area (Å²) in [5.74, 6) is -1.73. The first-order valence-electron chi connectivity index (χ1n) is 9.97. The minimum Gasteiger partial charge on any atom is -0.389 e. The molecule has 6 nitrogen and oxygen atoms in total. The van der Waals surface area contributed by atoms with E-state index in [1.54, 1.807) is 0 Å². The van der Waals surface area contributed by atoms with Gasteiger partial charge < -0.3 is 20.7 Å². The van der Waals surface area contributed by atoms with E-state index in [9.17, 15) is 19.1 Å². The number of hydrogen-bond acceptors (Lipinski definition) is 3. The molecule has 3 aromatic rings. The summed E-state index contributed by atoms with van der Waals surface area (Å²) in [6.45, 7) is 0.0857. The fourth-order valence-corrected chi connectivity index (χ4v) is 3.99. The zero-order valence-electron chi connectivity index (χ0n) is 17.0. The summed E-state index contributed by atoms with van der Waals surface area (Å²) in [7, 11) is 23.8. The Hall–Kier alpha value is -2.93. The molecule has 2 atom stereocenters. The summed E-state index contributed by atoms with van der Waals surface area (Å²) >= 11 is 0. The second-order valence-electron chi connectivity index (χ2n) is 7.73. The average Bonchev–Trinajstić information content (AvgIpc) is 3.29. The topological polar surface area (TPSA) is 94.2 Å². The molecule has 0 aliphatic carbocycles. The van der Waals surface area contributed by atoms with Crippen LogP contribution in [-0.2, 0) is 16.0 Å². The van der Waals surface area contributed by atoms with Gasteiger partial charge in [-0.25, -0.2) is 4.39 Å². The number of nitrogens with one attached hydrogen (secondary N) is 3. The highest BCUT2D eigenvalue weighted by Crippen LogP contribution is 2.29. The van der Waals surface area contributed by atoms with Crippen LogP contribution in [0.3, 0.4) is 0 Å². The lowest BCUT2D eigenvalue weighted by molar-refractivity contribution is -0.128. The van der Waals surface area contributed by atoms with E-state index in [2.05, 4.69) is 15.6 Å². The minimum atomic E-state index is -0.993. The first-order chi connectivity index (χ1) is 15.2. The van der Waals surface area contributed by atoms with Crippen molar-refractivity contribution in [3.8, 4) is 11.3 Å². The van der Waals surface area contributed by atoms with Crippen LogP contribution in [0.25, 0.3) is 22.2 Å². The number of para-hydroxylation sites is 1. The monoisotopic (exact) mass is 421 g/mol. The largest absolute Gasteiger partial charge is 0.389 e. The van der Waals surface area contributed by atoms with Crippen LogP contribution in [0.4, 0.5) is 4.39 Å². The molecule has 0 unspecified atom stereocenters. The highest BCUT2D eigenvalue weighted by molar-refractivity contribution is 6.59. The van der Waals surface area contributed by atoms with E-state index >= 15 is 0 Å². The minimum absolute atomic E-state index is 0.0112. The van der Waals surface area contributed by atoms with Gasteiger partial charge in [0.05, 0.1) is 0 Å². The van der Waals surface area contributed by atoms with Crippen molar-refractivity contribution in [2.75, 3.05) is 6.54 Å². The SMILES string of the molecule is [B]c1c([B])c(-c2[nH]c3ccccc3c2CCC(=O)N[C@H]2C(=O)NC[C@@H]2O)c([B])c([B])c1F. The zero-order chi connectivity index (χ0) is 23.2. The van der Waals surface area contributed by atoms with Crippen LogP contribution >= 0.6 is 0 Å². The van der Waals surface area contributed by atoms with Gasteiger partial charge in [-0.05, 0) is 23.6 Å². The molecule has 32 heavy (non-hydrogen) atoms. The normalized spacial score (nSPS) is 18.1. The van der Waals surface area contributed by atoms with Gasteiger partial charge in [-0.1, -0.05) is 40.1 Å². The third-order valence-corrected chi connectivity index (χ3v) is 5.73. The van der Waals surface area contributed by atoms with Crippen LogP contribution in [0.15, 0.2) is 24.3 Å². The van der Waals surface area contributed by atoms with Gasteiger partial charge in [0.25, 0.3) is 0 Å².